The molecule has 2 atom stereocenters. The number of benzene rings is 1. The molecule has 20 heavy (non-hydrogen) atoms. The van der Waals surface area contributed by atoms with E-state index in [1.54, 1.807) is 0 Å². The first-order valence-corrected chi connectivity index (χ1v) is 7.27. The average molecular weight is 264 g/mol. The van der Waals surface area contributed by atoms with E-state index in [1.807, 2.05) is 18.2 Å². The maximum Gasteiger partial charge on any atom is 0.0898 e. The lowest BCUT2D eigenvalue weighted by atomic mass is 9.87. The fourth-order valence-electron chi connectivity index (χ4n) is 2.80. The van der Waals surface area contributed by atoms with E-state index in [0.29, 0.717) is 5.92 Å². The largest absolute Gasteiger partial charge is 0.357 e. The van der Waals surface area contributed by atoms with Crippen molar-refractivity contribution in [1.29, 1.82) is 0 Å². The number of rotatable bonds is 3. The summed E-state index contributed by atoms with van der Waals surface area (Å²) >= 11 is 0. The molecule has 2 aliphatic rings. The Kier molecular flexibility index (Phi) is 3.82. The van der Waals surface area contributed by atoms with Crippen LogP contribution in [0.25, 0.3) is 0 Å². The molecule has 0 radical (unpaired) electrons. The molecule has 0 saturated carbocycles. The Balaban J connectivity index is 1.78. The number of hydrogen-bond donors (Lipinski definition) is 1. The van der Waals surface area contributed by atoms with Gasteiger partial charge in [-0.2, -0.15) is 0 Å². The van der Waals surface area contributed by atoms with Crippen LogP contribution in [0, 0.1) is 5.92 Å². The van der Waals surface area contributed by atoms with Crippen LogP contribution < -0.4 is 5.32 Å². The highest BCUT2D eigenvalue weighted by molar-refractivity contribution is 5.99. The molecule has 0 amide bonds. The first-order chi connectivity index (χ1) is 9.86. The van der Waals surface area contributed by atoms with Crippen molar-refractivity contribution < 1.29 is 0 Å². The van der Waals surface area contributed by atoms with Crippen LogP contribution in [0.1, 0.15) is 19.8 Å². The molecule has 1 N–H and O–H groups in total. The second-order valence-electron chi connectivity index (χ2n) is 5.23. The van der Waals surface area contributed by atoms with Crippen LogP contribution in [0.5, 0.6) is 0 Å². The summed E-state index contributed by atoms with van der Waals surface area (Å²) in [5.41, 5.74) is 3.55. The zero-order chi connectivity index (χ0) is 13.8. The van der Waals surface area contributed by atoms with Gasteiger partial charge >= 0.3 is 0 Å². The van der Waals surface area contributed by atoms with Gasteiger partial charge in [0.1, 0.15) is 0 Å². The molecule has 2 nitrogen and oxygen atoms in total. The van der Waals surface area contributed by atoms with Gasteiger partial charge in [-0.15, -0.1) is 0 Å². The number of aliphatic imine (C=N–C) groups is 1. The summed E-state index contributed by atoms with van der Waals surface area (Å²) in [6.45, 7) is 2.08. The molecule has 0 spiro atoms. The van der Waals surface area contributed by atoms with Gasteiger partial charge in [0.15, 0.2) is 0 Å². The lowest BCUT2D eigenvalue weighted by Gasteiger charge is -2.28. The second-order valence-corrected chi connectivity index (χ2v) is 5.23. The standard InChI is InChI=1S/C18H20N2/c1-2-16(19-15-9-4-3-5-10-15)18-13-12-14-8-6-7-11-17(14)20-18/h2-11,14,18-19H,12-13H2,1H3/b16-2-. The van der Waals surface area contributed by atoms with E-state index in [0.717, 1.165) is 12.1 Å². The minimum atomic E-state index is 0.252. The zero-order valence-electron chi connectivity index (χ0n) is 11.8. The van der Waals surface area contributed by atoms with E-state index in [-0.39, 0.29) is 6.04 Å². The number of allylic oxidation sites excluding steroid dienone is 5. The van der Waals surface area contributed by atoms with Crippen LogP contribution in [-0.4, -0.2) is 11.8 Å². The summed E-state index contributed by atoms with van der Waals surface area (Å²) in [4.78, 5) is 4.92. The van der Waals surface area contributed by atoms with Crippen molar-refractivity contribution in [2.45, 2.75) is 25.8 Å². The van der Waals surface area contributed by atoms with Crippen molar-refractivity contribution in [1.82, 2.24) is 0 Å². The lowest BCUT2D eigenvalue weighted by Crippen LogP contribution is -2.26. The van der Waals surface area contributed by atoms with Crippen molar-refractivity contribution in [2.75, 3.05) is 5.32 Å². The molecule has 1 aromatic carbocycles. The number of hydrogen-bond acceptors (Lipinski definition) is 2. The van der Waals surface area contributed by atoms with Gasteiger partial charge in [-0.25, -0.2) is 0 Å². The average Bonchev–Trinajstić information content (AvgIpc) is 2.53. The van der Waals surface area contributed by atoms with E-state index in [9.17, 15) is 0 Å². The van der Waals surface area contributed by atoms with Crippen LogP contribution in [0.15, 0.2) is 71.4 Å². The molecule has 1 aromatic rings. The molecule has 2 unspecified atom stereocenters. The van der Waals surface area contributed by atoms with Gasteiger partial charge < -0.3 is 5.32 Å². The fourth-order valence-corrected chi connectivity index (χ4v) is 2.80. The van der Waals surface area contributed by atoms with Gasteiger partial charge in [-0.1, -0.05) is 42.5 Å². The van der Waals surface area contributed by atoms with Crippen LogP contribution in [0.4, 0.5) is 5.69 Å². The molecule has 3 rings (SSSR count). The zero-order valence-corrected chi connectivity index (χ0v) is 11.8. The highest BCUT2D eigenvalue weighted by atomic mass is 15.0. The molecule has 1 aliphatic heterocycles. The van der Waals surface area contributed by atoms with Gasteiger partial charge in [0.25, 0.3) is 0 Å². The third-order valence-corrected chi connectivity index (χ3v) is 3.89. The van der Waals surface area contributed by atoms with E-state index >= 15 is 0 Å². The predicted molar refractivity (Wildman–Crippen MR) is 86.0 cm³/mol. The Bertz CT molecular complexity index is 579. The molecule has 102 valence electrons. The molecule has 0 saturated heterocycles. The van der Waals surface area contributed by atoms with E-state index in [2.05, 4.69) is 54.8 Å². The topological polar surface area (TPSA) is 24.4 Å². The second kappa shape index (κ2) is 5.91. The summed E-state index contributed by atoms with van der Waals surface area (Å²) in [7, 11) is 0. The quantitative estimate of drug-likeness (QED) is 0.862. The van der Waals surface area contributed by atoms with E-state index in [1.165, 1.54) is 17.8 Å². The van der Waals surface area contributed by atoms with Crippen molar-refractivity contribution in [3.63, 3.8) is 0 Å². The molecule has 2 heteroatoms. The Morgan fingerprint density at radius 1 is 1.20 bits per heavy atom. The van der Waals surface area contributed by atoms with E-state index < -0.39 is 0 Å². The van der Waals surface area contributed by atoms with Gasteiger partial charge in [0.05, 0.1) is 6.04 Å². The summed E-state index contributed by atoms with van der Waals surface area (Å²) in [6.07, 6.45) is 13.0. The molecule has 0 bridgehead atoms. The normalized spacial score (nSPS) is 25.1. The molecule has 0 fully saturated rings. The number of nitrogens with zero attached hydrogens (tertiary/aromatic N) is 1. The fraction of sp³-hybridized carbons (Fsp3) is 0.278. The van der Waals surface area contributed by atoms with Crippen LogP contribution in [-0.2, 0) is 0 Å². The van der Waals surface area contributed by atoms with Crippen molar-refractivity contribution in [3.05, 3.63) is 66.4 Å². The predicted octanol–water partition coefficient (Wildman–Crippen LogP) is 4.35. The molecule has 1 aliphatic carbocycles. The smallest absolute Gasteiger partial charge is 0.0898 e. The van der Waals surface area contributed by atoms with Crippen LogP contribution in [0.3, 0.4) is 0 Å². The van der Waals surface area contributed by atoms with E-state index in [4.69, 9.17) is 4.99 Å². The van der Waals surface area contributed by atoms with Gasteiger partial charge in [0.2, 0.25) is 0 Å². The summed E-state index contributed by atoms with van der Waals surface area (Å²) in [5.74, 6) is 0.520. The summed E-state index contributed by atoms with van der Waals surface area (Å²) in [6, 6.07) is 10.6. The Labute approximate surface area is 120 Å². The van der Waals surface area contributed by atoms with Crippen molar-refractivity contribution in [2.24, 2.45) is 10.9 Å². The van der Waals surface area contributed by atoms with Crippen LogP contribution in [0.2, 0.25) is 0 Å². The van der Waals surface area contributed by atoms with Crippen molar-refractivity contribution >= 4 is 11.4 Å². The highest BCUT2D eigenvalue weighted by Gasteiger charge is 2.24. The molecule has 0 aromatic heterocycles. The summed E-state index contributed by atoms with van der Waals surface area (Å²) in [5, 5.41) is 3.51. The third-order valence-electron chi connectivity index (χ3n) is 3.89. The Morgan fingerprint density at radius 2 is 2.05 bits per heavy atom. The van der Waals surface area contributed by atoms with Crippen LogP contribution >= 0.6 is 0 Å². The molecular formula is C18H20N2. The monoisotopic (exact) mass is 264 g/mol. The van der Waals surface area contributed by atoms with Gasteiger partial charge in [-0.05, 0) is 38.0 Å². The number of nitrogens with one attached hydrogen (secondary N) is 1. The van der Waals surface area contributed by atoms with Crippen molar-refractivity contribution in [3.8, 4) is 0 Å². The number of fused-ring (bicyclic) bond motifs is 1. The first-order valence-electron chi connectivity index (χ1n) is 7.27. The molecular weight excluding hydrogens is 244 g/mol. The SMILES string of the molecule is C/C=C(\Nc1ccccc1)C1CCC2C=CC=CC2=N1. The summed E-state index contributed by atoms with van der Waals surface area (Å²) < 4.78 is 0. The minimum Gasteiger partial charge on any atom is -0.357 e. The number of anilines is 1. The molecule has 1 heterocycles. The maximum atomic E-state index is 4.92. The Hall–Kier alpha value is -2.09. The lowest BCUT2D eigenvalue weighted by molar-refractivity contribution is 0.576. The highest BCUT2D eigenvalue weighted by Crippen LogP contribution is 2.28. The minimum absolute atomic E-state index is 0.252. The van der Waals surface area contributed by atoms with Gasteiger partial charge in [-0.3, -0.25) is 4.99 Å². The maximum absolute atomic E-state index is 4.92. The first kappa shape index (κ1) is 12.9. The Morgan fingerprint density at radius 3 is 2.85 bits per heavy atom. The third kappa shape index (κ3) is 2.74. The number of para-hydroxylation sites is 1. The van der Waals surface area contributed by atoms with Gasteiger partial charge in [0, 0.05) is 23.0 Å².